The number of hydrogen-bond acceptors (Lipinski definition) is 6. The molecule has 0 bridgehead atoms. The smallest absolute Gasteiger partial charge is 0.321 e. The van der Waals surface area contributed by atoms with Crippen molar-refractivity contribution >= 4 is 23.8 Å². The molecule has 4 atom stereocenters. The molecule has 0 spiro atoms. The molecular formula is C13H17N3O6. The van der Waals surface area contributed by atoms with Crippen molar-refractivity contribution in [2.24, 2.45) is 16.7 Å². The molecule has 3 N–H and O–H groups in total. The van der Waals surface area contributed by atoms with Crippen LogP contribution in [0.2, 0.25) is 0 Å². The second-order valence-electron chi connectivity index (χ2n) is 5.94. The van der Waals surface area contributed by atoms with Gasteiger partial charge in [0.1, 0.15) is 0 Å². The lowest BCUT2D eigenvalue weighted by Crippen LogP contribution is -2.88. The molecule has 3 fully saturated rings. The largest absolute Gasteiger partial charge is 0.383 e. The third-order valence-corrected chi connectivity index (χ3v) is 5.03. The van der Waals surface area contributed by atoms with Crippen LogP contribution in [0.1, 0.15) is 6.42 Å². The Kier molecular flexibility index (Phi) is 3.22. The van der Waals surface area contributed by atoms with Crippen molar-refractivity contribution in [2.75, 3.05) is 27.4 Å². The zero-order chi connectivity index (χ0) is 16.1. The molecule has 4 unspecified atom stereocenters. The van der Waals surface area contributed by atoms with Crippen LogP contribution in [0.4, 0.5) is 4.79 Å². The summed E-state index contributed by atoms with van der Waals surface area (Å²) < 4.78 is 10.3. The highest BCUT2D eigenvalue weighted by atomic mass is 16.5. The first kappa shape index (κ1) is 14.9. The quantitative estimate of drug-likeness (QED) is 0.523. The lowest BCUT2D eigenvalue weighted by molar-refractivity contribution is -0.221. The zero-order valence-electron chi connectivity index (χ0n) is 12.2. The lowest BCUT2D eigenvalue weighted by atomic mass is 9.39. The van der Waals surface area contributed by atoms with E-state index in [1.807, 2.05) is 0 Å². The molecule has 1 aliphatic carbocycles. The molecule has 3 aliphatic rings. The van der Waals surface area contributed by atoms with E-state index in [1.54, 1.807) is 0 Å². The molecule has 0 aromatic rings. The minimum atomic E-state index is -1.14. The molecule has 2 heterocycles. The van der Waals surface area contributed by atoms with E-state index in [2.05, 4.69) is 16.0 Å². The van der Waals surface area contributed by atoms with Gasteiger partial charge in [-0.05, 0) is 0 Å². The van der Waals surface area contributed by atoms with Crippen LogP contribution >= 0.6 is 0 Å². The molecule has 2 saturated heterocycles. The molecule has 0 aromatic carbocycles. The van der Waals surface area contributed by atoms with Gasteiger partial charge in [-0.3, -0.25) is 25.0 Å². The van der Waals surface area contributed by atoms with Gasteiger partial charge in [-0.1, -0.05) is 0 Å². The van der Waals surface area contributed by atoms with Crippen molar-refractivity contribution in [3.63, 3.8) is 0 Å². The van der Waals surface area contributed by atoms with Crippen molar-refractivity contribution in [1.82, 2.24) is 16.0 Å². The fourth-order valence-electron chi connectivity index (χ4n) is 4.27. The van der Waals surface area contributed by atoms with Crippen LogP contribution in [0.5, 0.6) is 0 Å². The average Bonchev–Trinajstić information content (AvgIpc) is 2.45. The standard InChI is InChI=1S/C13H17N3O6/c1-21-4-12-6(3-7(17)14-9(12)18)13(5-22-2)8(12)15-11(20)16-10(13)19/h6,8H,3-5H2,1-2H3,(H,14,17,18)(H2,15,16,19,20). The number of imide groups is 2. The molecule has 9 heteroatoms. The summed E-state index contributed by atoms with van der Waals surface area (Å²) in [6.07, 6.45) is -0.00174. The highest BCUT2D eigenvalue weighted by Gasteiger charge is 2.80. The minimum Gasteiger partial charge on any atom is -0.383 e. The van der Waals surface area contributed by atoms with E-state index in [1.165, 1.54) is 14.2 Å². The van der Waals surface area contributed by atoms with Crippen molar-refractivity contribution in [2.45, 2.75) is 12.5 Å². The van der Waals surface area contributed by atoms with E-state index in [0.29, 0.717) is 0 Å². The van der Waals surface area contributed by atoms with E-state index in [9.17, 15) is 19.2 Å². The number of hydrogen-bond donors (Lipinski definition) is 3. The van der Waals surface area contributed by atoms with Crippen LogP contribution in [0, 0.1) is 16.7 Å². The van der Waals surface area contributed by atoms with Gasteiger partial charge in [0.15, 0.2) is 0 Å². The summed E-state index contributed by atoms with van der Waals surface area (Å²) in [5.74, 6) is -2.09. The number of amides is 5. The molecule has 0 aromatic heterocycles. The monoisotopic (exact) mass is 311 g/mol. The lowest BCUT2D eigenvalue weighted by Gasteiger charge is -2.67. The third-order valence-electron chi connectivity index (χ3n) is 5.03. The predicted octanol–water partition coefficient (Wildman–Crippen LogP) is -1.86. The SMILES string of the molecule is COCC12C(=O)NC(=O)CC1C1(COC)C(=O)NC(=O)NC21. The summed E-state index contributed by atoms with van der Waals surface area (Å²) in [6, 6.07) is -1.44. The van der Waals surface area contributed by atoms with Crippen molar-refractivity contribution in [1.29, 1.82) is 0 Å². The number of carbonyl (C=O) groups excluding carboxylic acids is 4. The van der Waals surface area contributed by atoms with Gasteiger partial charge in [0.05, 0.1) is 30.1 Å². The molecule has 22 heavy (non-hydrogen) atoms. The van der Waals surface area contributed by atoms with Crippen LogP contribution in [0.25, 0.3) is 0 Å². The number of rotatable bonds is 4. The fourth-order valence-corrected chi connectivity index (χ4v) is 4.27. The topological polar surface area (TPSA) is 123 Å². The van der Waals surface area contributed by atoms with E-state index in [0.717, 1.165) is 0 Å². The van der Waals surface area contributed by atoms with Crippen molar-refractivity contribution in [3.8, 4) is 0 Å². The summed E-state index contributed by atoms with van der Waals surface area (Å²) in [5.41, 5.74) is -2.29. The third kappa shape index (κ3) is 1.55. The van der Waals surface area contributed by atoms with Gasteiger partial charge in [-0.25, -0.2) is 4.79 Å². The van der Waals surface area contributed by atoms with Crippen molar-refractivity contribution in [3.05, 3.63) is 0 Å². The number of carbonyl (C=O) groups is 4. The minimum absolute atomic E-state index is 0.000467. The Bertz CT molecular complexity index is 516. The summed E-state index contributed by atoms with van der Waals surface area (Å²) in [5, 5.41) is 7.12. The van der Waals surface area contributed by atoms with Crippen molar-refractivity contribution < 1.29 is 28.7 Å². The summed E-state index contributed by atoms with van der Waals surface area (Å²) in [6.45, 7) is 0.000934. The summed E-state index contributed by atoms with van der Waals surface area (Å²) in [7, 11) is 2.85. The van der Waals surface area contributed by atoms with Gasteiger partial charge in [-0.2, -0.15) is 0 Å². The highest BCUT2D eigenvalue weighted by molar-refractivity contribution is 6.09. The van der Waals surface area contributed by atoms with Gasteiger partial charge in [0.25, 0.3) is 0 Å². The van der Waals surface area contributed by atoms with E-state index in [-0.39, 0.29) is 19.6 Å². The maximum atomic E-state index is 12.5. The second-order valence-corrected chi connectivity index (χ2v) is 5.94. The molecule has 3 rings (SSSR count). The van der Waals surface area contributed by atoms with Crippen LogP contribution in [0.15, 0.2) is 0 Å². The molecular weight excluding hydrogens is 294 g/mol. The van der Waals surface area contributed by atoms with Gasteiger partial charge in [0, 0.05) is 26.6 Å². The normalized spacial score (nSPS) is 39.9. The molecule has 0 radical (unpaired) electrons. The number of urea groups is 1. The molecule has 9 nitrogen and oxygen atoms in total. The maximum absolute atomic E-state index is 12.5. The van der Waals surface area contributed by atoms with Crippen LogP contribution in [-0.4, -0.2) is 57.2 Å². The van der Waals surface area contributed by atoms with Gasteiger partial charge < -0.3 is 14.8 Å². The second kappa shape index (κ2) is 4.75. The van der Waals surface area contributed by atoms with E-state index < -0.39 is 46.5 Å². The zero-order valence-corrected chi connectivity index (χ0v) is 12.2. The number of methoxy groups -OCH3 is 2. The summed E-state index contributed by atoms with van der Waals surface area (Å²) in [4.78, 5) is 48.4. The summed E-state index contributed by atoms with van der Waals surface area (Å²) >= 11 is 0. The van der Waals surface area contributed by atoms with Crippen LogP contribution < -0.4 is 16.0 Å². The number of fused-ring (bicyclic) bond motifs is 4. The highest BCUT2D eigenvalue weighted by Crippen LogP contribution is 2.63. The van der Waals surface area contributed by atoms with E-state index in [4.69, 9.17) is 9.47 Å². The van der Waals surface area contributed by atoms with E-state index >= 15 is 0 Å². The first-order valence-electron chi connectivity index (χ1n) is 6.87. The maximum Gasteiger partial charge on any atom is 0.321 e. The molecule has 120 valence electrons. The Labute approximate surface area is 126 Å². The van der Waals surface area contributed by atoms with Gasteiger partial charge in [-0.15, -0.1) is 0 Å². The predicted molar refractivity (Wildman–Crippen MR) is 70.3 cm³/mol. The molecule has 1 saturated carbocycles. The van der Waals surface area contributed by atoms with Gasteiger partial charge >= 0.3 is 6.03 Å². The van der Waals surface area contributed by atoms with Crippen LogP contribution in [0.3, 0.4) is 0 Å². The Morgan fingerprint density at radius 1 is 1.00 bits per heavy atom. The Balaban J connectivity index is 2.10. The Hall–Kier alpha value is -2.00. The Morgan fingerprint density at radius 2 is 1.55 bits per heavy atom. The Morgan fingerprint density at radius 3 is 2.09 bits per heavy atom. The van der Waals surface area contributed by atoms with Gasteiger partial charge in [0.2, 0.25) is 17.7 Å². The number of nitrogens with one attached hydrogen (secondary N) is 3. The van der Waals surface area contributed by atoms with Crippen LogP contribution in [-0.2, 0) is 23.9 Å². The number of piperidine rings is 1. The number of ether oxygens (including phenoxy) is 2. The first-order valence-corrected chi connectivity index (χ1v) is 6.87. The fraction of sp³-hybridized carbons (Fsp3) is 0.692. The molecule has 5 amide bonds. The first-order chi connectivity index (χ1) is 10.4. The average molecular weight is 311 g/mol. The molecule has 2 aliphatic heterocycles.